The van der Waals surface area contributed by atoms with Crippen molar-refractivity contribution in [3.63, 3.8) is 0 Å². The zero-order chi connectivity index (χ0) is 22.7. The van der Waals surface area contributed by atoms with E-state index in [0.717, 1.165) is 6.07 Å². The Morgan fingerprint density at radius 2 is 1.97 bits per heavy atom. The highest BCUT2D eigenvalue weighted by Crippen LogP contribution is 2.74. The Morgan fingerprint density at radius 1 is 1.28 bits per heavy atom. The van der Waals surface area contributed by atoms with Crippen molar-refractivity contribution < 1.29 is 18.0 Å². The predicted octanol–water partition coefficient (Wildman–Crippen LogP) is 2.83. The highest BCUT2D eigenvalue weighted by Gasteiger charge is 2.72. The summed E-state index contributed by atoms with van der Waals surface area (Å²) < 4.78 is 42.9. The van der Waals surface area contributed by atoms with Gasteiger partial charge < -0.3 is 0 Å². The Labute approximate surface area is 182 Å². The van der Waals surface area contributed by atoms with Crippen molar-refractivity contribution in [2.75, 3.05) is 0 Å². The standard InChI is InChI=1S/C23H22F3N5O/c1-14(24)18-8-29-30(20(18)9-27-2)13-22-10-23(11-22,12-22)21(32)31-19(3-4-28-31)15-5-16(25)7-17(26)6-15/h4-9,19H,2-3,10-13H2,1H3/b18-14+,20-9+. The van der Waals surface area contributed by atoms with E-state index in [1.807, 2.05) is 0 Å². The van der Waals surface area contributed by atoms with Gasteiger partial charge >= 0.3 is 0 Å². The number of amides is 1. The molecule has 1 atom stereocenters. The average molecular weight is 441 g/mol. The van der Waals surface area contributed by atoms with Gasteiger partial charge in [-0.25, -0.2) is 18.2 Å². The number of benzene rings is 1. The van der Waals surface area contributed by atoms with E-state index in [0.29, 0.717) is 48.4 Å². The number of nitrogens with zero attached hydrogens (tertiary/aromatic N) is 5. The second kappa shape index (κ2) is 7.15. The van der Waals surface area contributed by atoms with Crippen LogP contribution in [-0.4, -0.2) is 33.6 Å². The molecule has 4 aliphatic rings. The monoisotopic (exact) mass is 441 g/mol. The van der Waals surface area contributed by atoms with Crippen LogP contribution in [0.25, 0.3) is 12.0 Å². The first-order valence-corrected chi connectivity index (χ1v) is 10.4. The molecule has 1 aliphatic heterocycles. The molecule has 0 saturated heterocycles. The summed E-state index contributed by atoms with van der Waals surface area (Å²) >= 11 is 0. The molecule has 6 rings (SSSR count). The van der Waals surface area contributed by atoms with Crippen LogP contribution in [0.5, 0.6) is 0 Å². The molecule has 6 nitrogen and oxygen atoms in total. The summed E-state index contributed by atoms with van der Waals surface area (Å²) in [6, 6.07) is 2.80. The van der Waals surface area contributed by atoms with Crippen LogP contribution in [-0.2, 0) is 11.3 Å². The minimum atomic E-state index is -0.676. The normalized spacial score (nSPS) is 29.6. The van der Waals surface area contributed by atoms with Gasteiger partial charge in [-0.3, -0.25) is 14.5 Å². The summed E-state index contributed by atoms with van der Waals surface area (Å²) in [6.45, 7) is 5.37. The molecule has 3 fully saturated rings. The highest BCUT2D eigenvalue weighted by molar-refractivity contribution is 5.88. The van der Waals surface area contributed by atoms with Crippen molar-refractivity contribution in [3.8, 4) is 0 Å². The van der Waals surface area contributed by atoms with Crippen LogP contribution in [0.1, 0.15) is 44.2 Å². The van der Waals surface area contributed by atoms with Gasteiger partial charge in [-0.15, -0.1) is 0 Å². The minimum absolute atomic E-state index is 0.0865. The SMILES string of the molecule is C=N/C=c1\c(=C(/C)F)cnn1CC12CC(C(=O)N3N=CCC3c3cc(F)cc(F)c3)(C1)C2. The van der Waals surface area contributed by atoms with Crippen LogP contribution in [0, 0.1) is 22.5 Å². The number of hydrogen-bond donors (Lipinski definition) is 0. The van der Waals surface area contributed by atoms with Gasteiger partial charge in [0.05, 0.1) is 34.4 Å². The maximum atomic E-state index is 13.8. The molecule has 0 radical (unpaired) electrons. The number of hydrogen-bond acceptors (Lipinski definition) is 4. The fourth-order valence-electron chi connectivity index (χ4n) is 5.62. The molecule has 32 heavy (non-hydrogen) atoms. The van der Waals surface area contributed by atoms with E-state index in [1.165, 1.54) is 36.5 Å². The van der Waals surface area contributed by atoms with Crippen LogP contribution in [0.3, 0.4) is 0 Å². The largest absolute Gasteiger partial charge is 0.272 e. The second-order valence-corrected chi connectivity index (χ2v) is 9.16. The molecule has 1 unspecified atom stereocenters. The number of rotatable bonds is 5. The molecular weight excluding hydrogens is 419 g/mol. The third-order valence-electron chi connectivity index (χ3n) is 6.85. The van der Waals surface area contributed by atoms with E-state index in [9.17, 15) is 18.0 Å². The van der Waals surface area contributed by atoms with E-state index in [4.69, 9.17) is 0 Å². The summed E-state index contributed by atoms with van der Waals surface area (Å²) in [5, 5.41) is 10.8. The summed E-state index contributed by atoms with van der Waals surface area (Å²) in [4.78, 5) is 17.1. The van der Waals surface area contributed by atoms with Gasteiger partial charge in [-0.2, -0.15) is 10.2 Å². The average Bonchev–Trinajstić information content (AvgIpc) is 3.30. The number of carbonyl (C=O) groups is 1. The van der Waals surface area contributed by atoms with Gasteiger partial charge in [0, 0.05) is 25.2 Å². The highest BCUT2D eigenvalue weighted by atomic mass is 19.1. The Morgan fingerprint density at radius 3 is 2.59 bits per heavy atom. The van der Waals surface area contributed by atoms with Crippen molar-refractivity contribution in [3.05, 3.63) is 52.2 Å². The van der Waals surface area contributed by atoms with Gasteiger partial charge in [-0.05, 0) is 56.0 Å². The molecule has 9 heteroatoms. The summed E-state index contributed by atoms with van der Waals surface area (Å²) in [5.74, 6) is -1.81. The van der Waals surface area contributed by atoms with E-state index >= 15 is 0 Å². The van der Waals surface area contributed by atoms with Gasteiger partial charge in [0.1, 0.15) is 17.5 Å². The van der Waals surface area contributed by atoms with Crippen molar-refractivity contribution in [1.82, 2.24) is 14.8 Å². The second-order valence-electron chi connectivity index (χ2n) is 9.16. The van der Waals surface area contributed by atoms with Crippen LogP contribution in [0.2, 0.25) is 0 Å². The van der Waals surface area contributed by atoms with Crippen molar-refractivity contribution >= 4 is 30.9 Å². The zero-order valence-corrected chi connectivity index (χ0v) is 17.6. The Kier molecular flexibility index (Phi) is 4.61. The van der Waals surface area contributed by atoms with E-state index in [1.54, 1.807) is 10.9 Å². The molecule has 2 heterocycles. The number of aliphatic imine (C=N–C) groups is 1. The summed E-state index contributed by atoms with van der Waals surface area (Å²) in [6.07, 6.45) is 6.99. The Hall–Kier alpha value is -3.23. The van der Waals surface area contributed by atoms with Gasteiger partial charge in [0.2, 0.25) is 5.91 Å². The smallest absolute Gasteiger partial charge is 0.249 e. The maximum Gasteiger partial charge on any atom is 0.249 e. The third-order valence-corrected chi connectivity index (χ3v) is 6.85. The third kappa shape index (κ3) is 3.10. The van der Waals surface area contributed by atoms with Gasteiger partial charge in [0.25, 0.3) is 0 Å². The summed E-state index contributed by atoms with van der Waals surface area (Å²) in [5.41, 5.74) is -0.199. The molecule has 2 bridgehead atoms. The lowest BCUT2D eigenvalue weighted by Crippen LogP contribution is -2.69. The Balaban J connectivity index is 1.32. The van der Waals surface area contributed by atoms with Gasteiger partial charge in [0.15, 0.2) is 0 Å². The van der Waals surface area contributed by atoms with E-state index in [2.05, 4.69) is 21.9 Å². The number of aromatic nitrogens is 2. The molecule has 1 aromatic carbocycles. The molecule has 1 amide bonds. The predicted molar refractivity (Wildman–Crippen MR) is 113 cm³/mol. The van der Waals surface area contributed by atoms with Crippen molar-refractivity contribution in [1.29, 1.82) is 0 Å². The first-order chi connectivity index (χ1) is 15.3. The lowest BCUT2D eigenvalue weighted by atomic mass is 9.34. The van der Waals surface area contributed by atoms with Crippen LogP contribution in [0.15, 0.2) is 34.5 Å². The molecule has 2 aromatic rings. The first-order valence-electron chi connectivity index (χ1n) is 10.4. The van der Waals surface area contributed by atoms with Crippen LogP contribution >= 0.6 is 0 Å². The van der Waals surface area contributed by atoms with Crippen molar-refractivity contribution in [2.45, 2.75) is 45.2 Å². The van der Waals surface area contributed by atoms with Crippen molar-refractivity contribution in [2.24, 2.45) is 20.9 Å². The molecule has 1 aromatic heterocycles. The lowest BCUT2D eigenvalue weighted by Gasteiger charge is -2.69. The van der Waals surface area contributed by atoms with E-state index in [-0.39, 0.29) is 17.1 Å². The first kappa shape index (κ1) is 20.7. The quantitative estimate of drug-likeness (QED) is 0.670. The molecular formula is C23H22F3N5O. The number of hydrazone groups is 1. The molecule has 0 N–H and O–H groups in total. The molecule has 3 saturated carbocycles. The fraction of sp³-hybridized carbons (Fsp3) is 0.391. The van der Waals surface area contributed by atoms with Gasteiger partial charge in [-0.1, -0.05) is 0 Å². The molecule has 3 aliphatic carbocycles. The fourth-order valence-corrected chi connectivity index (χ4v) is 5.62. The van der Waals surface area contributed by atoms with Crippen LogP contribution < -0.4 is 10.6 Å². The summed E-state index contributed by atoms with van der Waals surface area (Å²) in [7, 11) is 0. The lowest BCUT2D eigenvalue weighted by molar-refractivity contribution is -0.223. The topological polar surface area (TPSA) is 62.9 Å². The van der Waals surface area contributed by atoms with Crippen LogP contribution in [0.4, 0.5) is 13.2 Å². The maximum absolute atomic E-state index is 13.8. The molecule has 0 spiro atoms. The Bertz CT molecular complexity index is 1240. The minimum Gasteiger partial charge on any atom is -0.272 e. The molecule has 166 valence electrons. The van der Waals surface area contributed by atoms with E-state index < -0.39 is 23.1 Å². The zero-order valence-electron chi connectivity index (χ0n) is 17.6. The number of halogens is 3. The number of carbonyl (C=O) groups excluding carboxylic acids is 1.